The molecule has 1 aromatic heterocycles. The number of hydrogen-bond donors (Lipinski definition) is 2. The second-order valence-corrected chi connectivity index (χ2v) is 4.28. The summed E-state index contributed by atoms with van der Waals surface area (Å²) < 4.78 is 1.08. The molecule has 0 spiro atoms. The van der Waals surface area contributed by atoms with Crippen molar-refractivity contribution in [1.29, 1.82) is 0 Å². The van der Waals surface area contributed by atoms with E-state index in [0.717, 1.165) is 15.5 Å². The molecular formula is C10H12BrN3. The van der Waals surface area contributed by atoms with E-state index in [2.05, 4.69) is 38.9 Å². The summed E-state index contributed by atoms with van der Waals surface area (Å²) in [6, 6.07) is 4.12. The predicted molar refractivity (Wildman–Crippen MR) is 61.3 cm³/mol. The number of hydrogen-bond acceptors (Lipinski definition) is 2. The van der Waals surface area contributed by atoms with Crippen LogP contribution in [0.25, 0.3) is 11.0 Å². The highest BCUT2D eigenvalue weighted by molar-refractivity contribution is 9.10. The molecule has 0 aliphatic carbocycles. The smallest absolute Gasteiger partial charge is 0.0931 e. The predicted octanol–water partition coefficient (Wildman–Crippen LogP) is 2.39. The van der Waals surface area contributed by atoms with Crippen molar-refractivity contribution in [2.24, 2.45) is 5.73 Å². The van der Waals surface area contributed by atoms with Gasteiger partial charge in [0.05, 0.1) is 17.4 Å². The maximum absolute atomic E-state index is 5.65. The van der Waals surface area contributed by atoms with Gasteiger partial charge in [-0.1, -0.05) is 22.9 Å². The molecule has 0 aliphatic rings. The highest BCUT2D eigenvalue weighted by atomic mass is 79.9. The molecule has 1 aromatic carbocycles. The molecule has 3 nitrogen and oxygen atoms in total. The lowest BCUT2D eigenvalue weighted by atomic mass is 10.0. The Labute approximate surface area is 90.8 Å². The summed E-state index contributed by atoms with van der Waals surface area (Å²) in [5, 5.41) is 0. The van der Waals surface area contributed by atoms with E-state index < -0.39 is 0 Å². The number of aromatic amines is 1. The quantitative estimate of drug-likeness (QED) is 0.864. The average Bonchev–Trinajstić information content (AvgIpc) is 2.62. The van der Waals surface area contributed by atoms with Gasteiger partial charge in [0.1, 0.15) is 0 Å². The number of nitrogens with one attached hydrogen (secondary N) is 1. The van der Waals surface area contributed by atoms with Crippen LogP contribution >= 0.6 is 15.9 Å². The SMILES string of the molecule is CC(CN)c1cc2[nH]cnc2cc1Br. The van der Waals surface area contributed by atoms with E-state index in [0.29, 0.717) is 12.5 Å². The van der Waals surface area contributed by atoms with Gasteiger partial charge in [-0.15, -0.1) is 0 Å². The Kier molecular flexibility index (Phi) is 2.56. The van der Waals surface area contributed by atoms with Crippen molar-refractivity contribution in [3.05, 3.63) is 28.5 Å². The normalized spacial score (nSPS) is 13.4. The Morgan fingerprint density at radius 3 is 3.07 bits per heavy atom. The van der Waals surface area contributed by atoms with Gasteiger partial charge >= 0.3 is 0 Å². The molecule has 4 heteroatoms. The van der Waals surface area contributed by atoms with Crippen LogP contribution in [0.1, 0.15) is 18.4 Å². The van der Waals surface area contributed by atoms with Gasteiger partial charge in [0.2, 0.25) is 0 Å². The van der Waals surface area contributed by atoms with Gasteiger partial charge in [-0.2, -0.15) is 0 Å². The third kappa shape index (κ3) is 1.55. The van der Waals surface area contributed by atoms with Crippen LogP contribution in [0.2, 0.25) is 0 Å². The Bertz CT molecular complexity index is 450. The molecule has 0 amide bonds. The van der Waals surface area contributed by atoms with E-state index in [1.165, 1.54) is 5.56 Å². The van der Waals surface area contributed by atoms with Crippen LogP contribution in [0.15, 0.2) is 22.9 Å². The van der Waals surface area contributed by atoms with E-state index in [9.17, 15) is 0 Å². The van der Waals surface area contributed by atoms with E-state index >= 15 is 0 Å². The lowest BCUT2D eigenvalue weighted by Gasteiger charge is -2.10. The van der Waals surface area contributed by atoms with Gasteiger partial charge < -0.3 is 10.7 Å². The van der Waals surface area contributed by atoms with Crippen LogP contribution in [-0.4, -0.2) is 16.5 Å². The van der Waals surface area contributed by atoms with E-state index in [1.54, 1.807) is 6.33 Å². The van der Waals surface area contributed by atoms with Gasteiger partial charge in [0.25, 0.3) is 0 Å². The van der Waals surface area contributed by atoms with Crippen LogP contribution in [-0.2, 0) is 0 Å². The van der Waals surface area contributed by atoms with Gasteiger partial charge in [-0.25, -0.2) is 4.98 Å². The van der Waals surface area contributed by atoms with Crippen molar-refractivity contribution in [2.45, 2.75) is 12.8 Å². The molecule has 0 radical (unpaired) electrons. The number of rotatable bonds is 2. The number of aromatic nitrogens is 2. The molecule has 3 N–H and O–H groups in total. The molecule has 0 bridgehead atoms. The molecule has 74 valence electrons. The van der Waals surface area contributed by atoms with Crippen molar-refractivity contribution in [3.63, 3.8) is 0 Å². The molecule has 1 unspecified atom stereocenters. The first-order valence-electron chi connectivity index (χ1n) is 4.55. The van der Waals surface area contributed by atoms with Gasteiger partial charge in [-0.05, 0) is 30.2 Å². The van der Waals surface area contributed by atoms with Crippen LogP contribution < -0.4 is 5.73 Å². The maximum Gasteiger partial charge on any atom is 0.0931 e. The summed E-state index contributed by atoms with van der Waals surface area (Å²) in [5.74, 6) is 0.358. The number of benzene rings is 1. The monoisotopic (exact) mass is 253 g/mol. The van der Waals surface area contributed by atoms with Crippen LogP contribution in [0.5, 0.6) is 0 Å². The molecule has 1 heterocycles. The third-order valence-corrected chi connectivity index (χ3v) is 3.11. The van der Waals surface area contributed by atoms with Gasteiger partial charge in [0, 0.05) is 4.47 Å². The largest absolute Gasteiger partial charge is 0.345 e. The molecular weight excluding hydrogens is 242 g/mol. The highest BCUT2D eigenvalue weighted by Crippen LogP contribution is 2.27. The molecule has 1 atom stereocenters. The minimum absolute atomic E-state index is 0.358. The second kappa shape index (κ2) is 3.71. The van der Waals surface area contributed by atoms with E-state index in [4.69, 9.17) is 5.73 Å². The van der Waals surface area contributed by atoms with Crippen LogP contribution in [0.3, 0.4) is 0 Å². The zero-order valence-electron chi connectivity index (χ0n) is 7.92. The summed E-state index contributed by atoms with van der Waals surface area (Å²) in [6.07, 6.45) is 1.70. The second-order valence-electron chi connectivity index (χ2n) is 3.43. The highest BCUT2D eigenvalue weighted by Gasteiger charge is 2.09. The Balaban J connectivity index is 2.58. The first-order chi connectivity index (χ1) is 6.72. The molecule has 0 fully saturated rings. The molecule has 2 aromatic rings. The molecule has 0 aliphatic heterocycles. The fourth-order valence-electron chi connectivity index (χ4n) is 1.48. The molecule has 0 saturated heterocycles. The van der Waals surface area contributed by atoms with E-state index in [1.807, 2.05) is 6.07 Å². The lowest BCUT2D eigenvalue weighted by molar-refractivity contribution is 0.771. The number of fused-ring (bicyclic) bond motifs is 1. The summed E-state index contributed by atoms with van der Waals surface area (Å²) in [5.41, 5.74) is 8.91. The van der Waals surface area contributed by atoms with Crippen molar-refractivity contribution < 1.29 is 0 Å². The summed E-state index contributed by atoms with van der Waals surface area (Å²) in [4.78, 5) is 7.28. The summed E-state index contributed by atoms with van der Waals surface area (Å²) in [6.45, 7) is 2.76. The Morgan fingerprint density at radius 1 is 1.57 bits per heavy atom. The van der Waals surface area contributed by atoms with Crippen molar-refractivity contribution in [3.8, 4) is 0 Å². The third-order valence-electron chi connectivity index (χ3n) is 2.42. The molecule has 0 saturated carbocycles. The number of nitrogens with zero attached hydrogens (tertiary/aromatic N) is 1. The van der Waals surface area contributed by atoms with Gasteiger partial charge in [0.15, 0.2) is 0 Å². The Hall–Kier alpha value is -0.870. The van der Waals surface area contributed by atoms with Crippen LogP contribution in [0.4, 0.5) is 0 Å². The summed E-state index contributed by atoms with van der Waals surface area (Å²) >= 11 is 3.53. The topological polar surface area (TPSA) is 54.7 Å². The van der Waals surface area contributed by atoms with Crippen LogP contribution in [0, 0.1) is 0 Å². The minimum Gasteiger partial charge on any atom is -0.345 e. The zero-order chi connectivity index (χ0) is 10.1. The number of nitrogens with two attached hydrogens (primary N) is 1. The molecule has 14 heavy (non-hydrogen) atoms. The van der Waals surface area contributed by atoms with Crippen molar-refractivity contribution in [2.75, 3.05) is 6.54 Å². The zero-order valence-corrected chi connectivity index (χ0v) is 9.51. The first kappa shape index (κ1) is 9.68. The number of halogens is 1. The fraction of sp³-hybridized carbons (Fsp3) is 0.300. The van der Waals surface area contributed by atoms with Gasteiger partial charge in [-0.3, -0.25) is 0 Å². The fourth-order valence-corrected chi connectivity index (χ4v) is 2.20. The lowest BCUT2D eigenvalue weighted by Crippen LogP contribution is -2.09. The van der Waals surface area contributed by atoms with Crippen molar-refractivity contribution in [1.82, 2.24) is 9.97 Å². The minimum atomic E-state index is 0.358. The maximum atomic E-state index is 5.65. The average molecular weight is 254 g/mol. The standard InChI is InChI=1S/C10H12BrN3/c1-6(4-12)7-2-9-10(3-8(7)11)14-5-13-9/h2-3,5-6H,4,12H2,1H3,(H,13,14). The van der Waals surface area contributed by atoms with E-state index in [-0.39, 0.29) is 0 Å². The summed E-state index contributed by atoms with van der Waals surface area (Å²) in [7, 11) is 0. The number of imidazole rings is 1. The first-order valence-corrected chi connectivity index (χ1v) is 5.34. The number of H-pyrrole nitrogens is 1. The molecule has 2 rings (SSSR count). The van der Waals surface area contributed by atoms with Crippen molar-refractivity contribution >= 4 is 27.0 Å². The Morgan fingerprint density at radius 2 is 2.36 bits per heavy atom.